The van der Waals surface area contributed by atoms with Crippen LogP contribution in [0, 0.1) is 5.82 Å². The van der Waals surface area contributed by atoms with Crippen LogP contribution in [0.5, 0.6) is 0 Å². The van der Waals surface area contributed by atoms with Crippen LogP contribution in [-0.4, -0.2) is 60.4 Å². The molecular weight excluding hydrogens is 590 g/mol. The molecule has 4 rings (SSSR count). The highest BCUT2D eigenvalue weighted by Gasteiger charge is 2.38. The first-order chi connectivity index (χ1) is 18.4. The van der Waals surface area contributed by atoms with E-state index < -0.39 is 18.1 Å². The Hall–Kier alpha value is -4.13. The number of aliphatic carboxylic acids is 1. The molecule has 3 aromatic carbocycles. The number of halogens is 5. The molecule has 206 valence electrons. The summed E-state index contributed by atoms with van der Waals surface area (Å²) in [5.41, 5.74) is 2.12. The fourth-order valence-corrected chi connectivity index (χ4v) is 4.03. The third-order valence-corrected chi connectivity index (χ3v) is 6.18. The molecule has 13 heteroatoms. The Kier molecular flexibility index (Phi) is 9.51. The minimum absolute atomic E-state index is 0.109. The van der Waals surface area contributed by atoms with Gasteiger partial charge in [-0.25, -0.2) is 14.0 Å². The molecule has 1 fully saturated rings. The number of aromatic carboxylic acids is 1. The van der Waals surface area contributed by atoms with Gasteiger partial charge in [0.2, 0.25) is 0 Å². The summed E-state index contributed by atoms with van der Waals surface area (Å²) in [5, 5.41) is 19.6. The molecule has 0 aliphatic carbocycles. The number of alkyl halides is 3. The highest BCUT2D eigenvalue weighted by Crippen LogP contribution is 2.28. The van der Waals surface area contributed by atoms with Gasteiger partial charge in [0.15, 0.2) is 0 Å². The molecule has 1 aliphatic rings. The number of piperazine rings is 1. The fraction of sp³-hybridized carbons (Fsp3) is 0.192. The number of hydrogen-bond donors (Lipinski definition) is 3. The second kappa shape index (κ2) is 12.6. The molecule has 1 amide bonds. The minimum atomic E-state index is -5.08. The predicted octanol–water partition coefficient (Wildman–Crippen LogP) is 5.50. The normalized spacial score (nSPS) is 13.3. The van der Waals surface area contributed by atoms with Crippen LogP contribution in [0.3, 0.4) is 0 Å². The molecule has 0 spiro atoms. The standard InChI is InChI=1S/C24H21BrFN3O3.C2HF3O2/c25-17-7-5-16(6-8-17)23(30)27-18-9-10-21(19(15-18)24(31)32)28-11-13-29(14-12-28)22-4-2-1-3-20(22)26;3-2(4,5)1(6)7/h1-10,15H,11-14H2,(H,27,30)(H,31,32);(H,6,7). The molecule has 0 unspecified atom stereocenters. The van der Waals surface area contributed by atoms with Gasteiger partial charge in [0.25, 0.3) is 5.91 Å². The molecule has 3 N–H and O–H groups in total. The van der Waals surface area contributed by atoms with Crippen molar-refractivity contribution in [3.8, 4) is 0 Å². The SMILES string of the molecule is O=C(Nc1ccc(N2CCN(c3ccccc3F)CC2)c(C(=O)O)c1)c1ccc(Br)cc1.O=C(O)C(F)(F)F. The number of para-hydroxylation sites is 1. The summed E-state index contributed by atoms with van der Waals surface area (Å²) in [6, 6.07) is 18.4. The van der Waals surface area contributed by atoms with Gasteiger partial charge >= 0.3 is 18.1 Å². The van der Waals surface area contributed by atoms with Gasteiger partial charge < -0.3 is 25.3 Å². The Morgan fingerprint density at radius 3 is 1.87 bits per heavy atom. The van der Waals surface area contributed by atoms with Crippen LogP contribution < -0.4 is 15.1 Å². The van der Waals surface area contributed by atoms with E-state index in [2.05, 4.69) is 21.2 Å². The highest BCUT2D eigenvalue weighted by atomic mass is 79.9. The molecule has 0 saturated carbocycles. The zero-order chi connectivity index (χ0) is 28.7. The number of rotatable bonds is 5. The van der Waals surface area contributed by atoms with Crippen molar-refractivity contribution in [1.29, 1.82) is 0 Å². The summed E-state index contributed by atoms with van der Waals surface area (Å²) in [4.78, 5) is 37.2. The van der Waals surface area contributed by atoms with Gasteiger partial charge in [-0.3, -0.25) is 4.79 Å². The number of carboxylic acids is 2. The maximum absolute atomic E-state index is 14.1. The van der Waals surface area contributed by atoms with Crippen LogP contribution in [0.25, 0.3) is 0 Å². The van der Waals surface area contributed by atoms with Gasteiger partial charge in [-0.1, -0.05) is 28.1 Å². The molecule has 0 atom stereocenters. The van der Waals surface area contributed by atoms with E-state index in [1.165, 1.54) is 12.1 Å². The molecule has 8 nitrogen and oxygen atoms in total. The average Bonchev–Trinajstić information content (AvgIpc) is 2.89. The van der Waals surface area contributed by atoms with Crippen LogP contribution in [0.4, 0.5) is 34.6 Å². The van der Waals surface area contributed by atoms with E-state index in [1.54, 1.807) is 54.6 Å². The predicted molar refractivity (Wildman–Crippen MR) is 140 cm³/mol. The summed E-state index contributed by atoms with van der Waals surface area (Å²) in [7, 11) is 0. The largest absolute Gasteiger partial charge is 0.490 e. The Morgan fingerprint density at radius 1 is 0.821 bits per heavy atom. The van der Waals surface area contributed by atoms with Crippen LogP contribution in [0.15, 0.2) is 71.2 Å². The van der Waals surface area contributed by atoms with Crippen LogP contribution in [0.1, 0.15) is 20.7 Å². The number of anilines is 3. The zero-order valence-electron chi connectivity index (χ0n) is 20.1. The smallest absolute Gasteiger partial charge is 0.478 e. The summed E-state index contributed by atoms with van der Waals surface area (Å²) in [6.45, 7) is 2.25. The van der Waals surface area contributed by atoms with Gasteiger partial charge in [-0.15, -0.1) is 0 Å². The summed E-state index contributed by atoms with van der Waals surface area (Å²) in [5.74, 6) is -4.41. The first-order valence-electron chi connectivity index (χ1n) is 11.4. The van der Waals surface area contributed by atoms with Crippen molar-refractivity contribution in [2.24, 2.45) is 0 Å². The number of benzene rings is 3. The van der Waals surface area contributed by atoms with Crippen molar-refractivity contribution in [2.75, 3.05) is 41.3 Å². The molecule has 1 heterocycles. The molecule has 0 bridgehead atoms. The van der Waals surface area contributed by atoms with Crippen molar-refractivity contribution in [3.05, 3.63) is 88.1 Å². The van der Waals surface area contributed by atoms with E-state index >= 15 is 0 Å². The number of carboxylic acid groups (broad SMARTS) is 2. The maximum atomic E-state index is 14.1. The van der Waals surface area contributed by atoms with Gasteiger partial charge in [0.1, 0.15) is 5.82 Å². The molecule has 0 aromatic heterocycles. The lowest BCUT2D eigenvalue weighted by atomic mass is 10.1. The molecule has 0 radical (unpaired) electrons. The third-order valence-electron chi connectivity index (χ3n) is 5.65. The minimum Gasteiger partial charge on any atom is -0.478 e. The topological polar surface area (TPSA) is 110 Å². The van der Waals surface area contributed by atoms with E-state index in [0.717, 1.165) is 4.47 Å². The van der Waals surface area contributed by atoms with E-state index in [9.17, 15) is 32.3 Å². The highest BCUT2D eigenvalue weighted by molar-refractivity contribution is 9.10. The van der Waals surface area contributed by atoms with E-state index in [1.807, 2.05) is 9.80 Å². The molecule has 39 heavy (non-hydrogen) atoms. The number of nitrogens with one attached hydrogen (secondary N) is 1. The average molecular weight is 612 g/mol. The molecule has 3 aromatic rings. The molecule has 1 saturated heterocycles. The number of carbonyl (C=O) groups is 3. The van der Waals surface area contributed by atoms with Crippen LogP contribution >= 0.6 is 15.9 Å². The van der Waals surface area contributed by atoms with Crippen molar-refractivity contribution in [3.63, 3.8) is 0 Å². The lowest BCUT2D eigenvalue weighted by molar-refractivity contribution is -0.192. The zero-order valence-corrected chi connectivity index (χ0v) is 21.7. The van der Waals surface area contributed by atoms with Crippen molar-refractivity contribution < 1.29 is 42.2 Å². The summed E-state index contributed by atoms with van der Waals surface area (Å²) in [6.07, 6.45) is -5.08. The van der Waals surface area contributed by atoms with E-state index in [0.29, 0.717) is 48.8 Å². The Labute approximate surface area is 228 Å². The monoisotopic (exact) mass is 611 g/mol. The van der Waals surface area contributed by atoms with Gasteiger partial charge in [-0.05, 0) is 54.6 Å². The number of carbonyl (C=O) groups excluding carboxylic acids is 1. The quantitative estimate of drug-likeness (QED) is 0.327. The molecule has 1 aliphatic heterocycles. The van der Waals surface area contributed by atoms with Crippen molar-refractivity contribution in [1.82, 2.24) is 0 Å². The Balaban J connectivity index is 0.000000532. The second-order valence-corrected chi connectivity index (χ2v) is 9.14. The van der Waals surface area contributed by atoms with Crippen molar-refractivity contribution in [2.45, 2.75) is 6.18 Å². The van der Waals surface area contributed by atoms with Gasteiger partial charge in [0.05, 0.1) is 16.9 Å². The first kappa shape index (κ1) is 29.4. The lowest BCUT2D eigenvalue weighted by Crippen LogP contribution is -2.47. The summed E-state index contributed by atoms with van der Waals surface area (Å²) < 4.78 is 46.7. The number of nitrogens with zero attached hydrogens (tertiary/aromatic N) is 2. The third kappa shape index (κ3) is 7.93. The Bertz CT molecular complexity index is 1340. The van der Waals surface area contributed by atoms with Gasteiger partial charge in [0, 0.05) is 41.9 Å². The van der Waals surface area contributed by atoms with Crippen molar-refractivity contribution >= 4 is 50.8 Å². The second-order valence-electron chi connectivity index (χ2n) is 8.23. The fourth-order valence-electron chi connectivity index (χ4n) is 3.76. The maximum Gasteiger partial charge on any atom is 0.490 e. The van der Waals surface area contributed by atoms with Crippen LogP contribution in [-0.2, 0) is 4.79 Å². The van der Waals surface area contributed by atoms with E-state index in [-0.39, 0.29) is 17.3 Å². The number of hydrogen-bond acceptors (Lipinski definition) is 5. The lowest BCUT2D eigenvalue weighted by Gasteiger charge is -2.38. The van der Waals surface area contributed by atoms with E-state index in [4.69, 9.17) is 9.90 Å². The first-order valence-corrected chi connectivity index (χ1v) is 12.1. The Morgan fingerprint density at radius 2 is 1.36 bits per heavy atom. The summed E-state index contributed by atoms with van der Waals surface area (Å²) >= 11 is 3.33. The number of amides is 1. The van der Waals surface area contributed by atoms with Gasteiger partial charge in [-0.2, -0.15) is 13.2 Å². The van der Waals surface area contributed by atoms with Crippen LogP contribution in [0.2, 0.25) is 0 Å². The molecular formula is C26H22BrF4N3O5.